The van der Waals surface area contributed by atoms with Crippen LogP contribution >= 0.6 is 0 Å². The number of hydrogen-bond donors (Lipinski definition) is 0. The monoisotopic (exact) mass is 672 g/mol. The highest BCUT2D eigenvalue weighted by Crippen LogP contribution is 2.44. The second-order valence-electron chi connectivity index (χ2n) is 13.6. The molecule has 1 heterocycles. The minimum absolute atomic E-state index is 0.656. The maximum atomic E-state index is 10.5. The number of rotatable bonds is 5. The zero-order valence-electron chi connectivity index (χ0n) is 28.9. The van der Waals surface area contributed by atoms with E-state index in [2.05, 4.69) is 205 Å². The van der Waals surface area contributed by atoms with E-state index in [1.165, 1.54) is 54.5 Å². The molecular weight excluding hydrogens is 641 g/mol. The van der Waals surface area contributed by atoms with Gasteiger partial charge >= 0.3 is 0 Å². The smallest absolute Gasteiger partial charge is 0.0998 e. The Morgan fingerprint density at radius 2 is 0.811 bits per heavy atom. The van der Waals surface area contributed by atoms with E-state index >= 15 is 0 Å². The molecule has 0 atom stereocenters. The van der Waals surface area contributed by atoms with Crippen LogP contribution in [-0.4, -0.2) is 4.57 Å². The van der Waals surface area contributed by atoms with E-state index in [4.69, 9.17) is 0 Å². The third kappa shape index (κ3) is 5.02. The first-order chi connectivity index (χ1) is 26.3. The highest BCUT2D eigenvalue weighted by atomic mass is 15.0. The molecule has 0 bridgehead atoms. The number of para-hydroxylation sites is 2. The molecule has 0 aliphatic carbocycles. The molecule has 0 saturated heterocycles. The lowest BCUT2D eigenvalue weighted by atomic mass is 9.85. The molecule has 9 aromatic carbocycles. The van der Waals surface area contributed by atoms with Crippen molar-refractivity contribution in [3.63, 3.8) is 0 Å². The van der Waals surface area contributed by atoms with Crippen LogP contribution in [0.5, 0.6) is 0 Å². The number of fused-ring (bicyclic) bond motifs is 5. The normalized spacial score (nSPS) is 11.4. The second-order valence-corrected chi connectivity index (χ2v) is 13.6. The fourth-order valence-electron chi connectivity index (χ4n) is 8.27. The average Bonchev–Trinajstić information content (AvgIpc) is 3.57. The molecule has 0 N–H and O–H groups in total. The number of nitriles is 1. The topological polar surface area (TPSA) is 28.7 Å². The first-order valence-electron chi connectivity index (χ1n) is 18.0. The van der Waals surface area contributed by atoms with Crippen LogP contribution in [0.15, 0.2) is 194 Å². The lowest BCUT2D eigenvalue weighted by Gasteiger charge is -2.18. The molecule has 0 spiro atoms. The molecule has 0 unspecified atom stereocenters. The summed E-state index contributed by atoms with van der Waals surface area (Å²) in [6.45, 7) is 0. The van der Waals surface area contributed by atoms with Crippen LogP contribution in [0.3, 0.4) is 0 Å². The SMILES string of the molecule is N#Cc1cc(-c2c3ccccc3c(-c3ccccc3)c3ccccc23)ccc1-c1ccc(-c2cccc(-n3c4ccccc4c4ccccc43)c2)cc1. The molecular formula is C51H32N2. The van der Waals surface area contributed by atoms with Crippen LogP contribution in [-0.2, 0) is 0 Å². The molecule has 0 amide bonds. The predicted octanol–water partition coefficient (Wildman–Crippen LogP) is 13.6. The Morgan fingerprint density at radius 1 is 0.340 bits per heavy atom. The van der Waals surface area contributed by atoms with E-state index < -0.39 is 0 Å². The fourth-order valence-corrected chi connectivity index (χ4v) is 8.27. The molecule has 10 aromatic rings. The minimum Gasteiger partial charge on any atom is -0.309 e. The molecule has 246 valence electrons. The lowest BCUT2D eigenvalue weighted by molar-refractivity contribution is 1.18. The van der Waals surface area contributed by atoms with Gasteiger partial charge in [-0.3, -0.25) is 0 Å². The Morgan fingerprint density at radius 3 is 1.40 bits per heavy atom. The van der Waals surface area contributed by atoms with Crippen molar-refractivity contribution in [2.45, 2.75) is 0 Å². The van der Waals surface area contributed by atoms with Crippen LogP contribution in [0.4, 0.5) is 0 Å². The quantitative estimate of drug-likeness (QED) is 0.167. The standard InChI is InChI=1S/C51H32N2/c52-33-39-31-38(51-46-21-6-4-19-44(46)50(36-13-2-1-3-14-36)45-20-5-7-22-47(45)51)29-30-41(39)35-27-25-34(26-28-35)37-15-12-16-40(32-37)53-48-23-10-8-17-42(48)43-18-9-11-24-49(43)53/h1-32H. The van der Waals surface area contributed by atoms with E-state index in [0.717, 1.165) is 39.1 Å². The molecule has 0 radical (unpaired) electrons. The molecule has 2 heteroatoms. The summed E-state index contributed by atoms with van der Waals surface area (Å²) in [4.78, 5) is 0. The molecule has 53 heavy (non-hydrogen) atoms. The minimum atomic E-state index is 0.656. The first kappa shape index (κ1) is 30.6. The summed E-state index contributed by atoms with van der Waals surface area (Å²) in [5.74, 6) is 0. The van der Waals surface area contributed by atoms with Crippen molar-refractivity contribution in [1.29, 1.82) is 5.26 Å². The van der Waals surface area contributed by atoms with E-state index in [1.54, 1.807) is 0 Å². The van der Waals surface area contributed by atoms with Crippen molar-refractivity contribution in [3.8, 4) is 56.3 Å². The molecule has 0 aliphatic heterocycles. The van der Waals surface area contributed by atoms with Crippen molar-refractivity contribution in [3.05, 3.63) is 200 Å². The molecule has 2 nitrogen and oxygen atoms in total. The predicted molar refractivity (Wildman–Crippen MR) is 222 cm³/mol. The summed E-state index contributed by atoms with van der Waals surface area (Å²) in [7, 11) is 0. The third-order valence-corrected chi connectivity index (χ3v) is 10.6. The van der Waals surface area contributed by atoms with Crippen LogP contribution in [0.2, 0.25) is 0 Å². The number of nitrogens with zero attached hydrogens (tertiary/aromatic N) is 2. The van der Waals surface area contributed by atoms with E-state index in [0.29, 0.717) is 5.56 Å². The van der Waals surface area contributed by atoms with Gasteiger partial charge in [0.05, 0.1) is 22.7 Å². The summed E-state index contributed by atoms with van der Waals surface area (Å²) in [5.41, 5.74) is 13.0. The van der Waals surface area contributed by atoms with Gasteiger partial charge in [-0.1, -0.05) is 164 Å². The maximum absolute atomic E-state index is 10.5. The largest absolute Gasteiger partial charge is 0.309 e. The Bertz CT molecular complexity index is 2940. The summed E-state index contributed by atoms with van der Waals surface area (Å²) in [6, 6.07) is 71.4. The molecule has 10 rings (SSSR count). The Labute approximate surface area is 308 Å². The zero-order chi connectivity index (χ0) is 35.3. The fraction of sp³-hybridized carbons (Fsp3) is 0. The van der Waals surface area contributed by atoms with E-state index in [-0.39, 0.29) is 0 Å². The van der Waals surface area contributed by atoms with E-state index in [9.17, 15) is 5.26 Å². The Kier molecular flexibility index (Phi) is 7.23. The number of benzene rings is 9. The molecule has 0 aliphatic rings. The van der Waals surface area contributed by atoms with E-state index in [1.807, 2.05) is 0 Å². The number of aromatic nitrogens is 1. The van der Waals surface area contributed by atoms with Crippen LogP contribution in [0.1, 0.15) is 5.56 Å². The van der Waals surface area contributed by atoms with Gasteiger partial charge in [0, 0.05) is 16.5 Å². The van der Waals surface area contributed by atoms with Gasteiger partial charge in [-0.05, 0) is 96.4 Å². The van der Waals surface area contributed by atoms with Gasteiger partial charge < -0.3 is 4.57 Å². The van der Waals surface area contributed by atoms with Crippen molar-refractivity contribution in [1.82, 2.24) is 4.57 Å². The van der Waals surface area contributed by atoms with Gasteiger partial charge in [0.2, 0.25) is 0 Å². The van der Waals surface area contributed by atoms with Crippen LogP contribution in [0, 0.1) is 11.3 Å². The van der Waals surface area contributed by atoms with Crippen LogP contribution in [0.25, 0.3) is 93.5 Å². The zero-order valence-corrected chi connectivity index (χ0v) is 28.9. The highest BCUT2D eigenvalue weighted by Gasteiger charge is 2.18. The summed E-state index contributed by atoms with van der Waals surface area (Å²) < 4.78 is 2.35. The third-order valence-electron chi connectivity index (χ3n) is 10.6. The van der Waals surface area contributed by atoms with Gasteiger partial charge in [0.1, 0.15) is 0 Å². The second kappa shape index (κ2) is 12.5. The Hall–Kier alpha value is -7.21. The summed E-state index contributed by atoms with van der Waals surface area (Å²) >= 11 is 0. The molecule has 0 saturated carbocycles. The summed E-state index contributed by atoms with van der Waals surface area (Å²) in [6.07, 6.45) is 0. The highest BCUT2D eigenvalue weighted by molar-refractivity contribution is 6.21. The van der Waals surface area contributed by atoms with Gasteiger partial charge in [-0.25, -0.2) is 0 Å². The van der Waals surface area contributed by atoms with Crippen molar-refractivity contribution in [2.24, 2.45) is 0 Å². The van der Waals surface area contributed by atoms with Gasteiger partial charge in [-0.2, -0.15) is 5.26 Å². The first-order valence-corrected chi connectivity index (χ1v) is 18.0. The van der Waals surface area contributed by atoms with Gasteiger partial charge in [0.15, 0.2) is 0 Å². The average molecular weight is 673 g/mol. The van der Waals surface area contributed by atoms with Crippen molar-refractivity contribution >= 4 is 43.4 Å². The molecule has 1 aromatic heterocycles. The van der Waals surface area contributed by atoms with Crippen molar-refractivity contribution < 1.29 is 0 Å². The van der Waals surface area contributed by atoms with Crippen LogP contribution < -0.4 is 0 Å². The molecule has 0 fully saturated rings. The summed E-state index contributed by atoms with van der Waals surface area (Å²) in [5, 5.41) is 17.8. The van der Waals surface area contributed by atoms with Gasteiger partial charge in [0.25, 0.3) is 0 Å². The maximum Gasteiger partial charge on any atom is 0.0998 e. The van der Waals surface area contributed by atoms with Gasteiger partial charge in [-0.15, -0.1) is 0 Å². The number of hydrogen-bond acceptors (Lipinski definition) is 1. The Balaban J connectivity index is 1.04. The lowest BCUT2D eigenvalue weighted by Crippen LogP contribution is -1.94. The van der Waals surface area contributed by atoms with Crippen molar-refractivity contribution in [2.75, 3.05) is 0 Å².